The van der Waals surface area contributed by atoms with E-state index in [-0.39, 0.29) is 0 Å². The van der Waals surface area contributed by atoms with E-state index in [0.29, 0.717) is 12.2 Å². The van der Waals surface area contributed by atoms with Gasteiger partial charge < -0.3 is 4.74 Å². The number of ether oxygens (including phenoxy) is 1. The first-order chi connectivity index (χ1) is 11.9. The van der Waals surface area contributed by atoms with Gasteiger partial charge >= 0.3 is 0 Å². The van der Waals surface area contributed by atoms with Crippen molar-refractivity contribution in [3.05, 3.63) is 71.0 Å². The number of hydrogen-bond donors (Lipinski definition) is 0. The molecule has 0 bridgehead atoms. The minimum absolute atomic E-state index is 0.312. The Morgan fingerprint density at radius 2 is 1.79 bits per heavy atom. The van der Waals surface area contributed by atoms with Gasteiger partial charge in [0, 0.05) is 47.7 Å². The molecule has 1 heterocycles. The number of nitriles is 1. The van der Waals surface area contributed by atoms with Gasteiger partial charge in [-0.2, -0.15) is 5.26 Å². The van der Waals surface area contributed by atoms with Gasteiger partial charge in [0.25, 0.3) is 0 Å². The number of rotatable bonds is 0. The van der Waals surface area contributed by atoms with Crippen LogP contribution in [0.4, 0.5) is 0 Å². The molecule has 2 rings (SSSR count). The van der Waals surface area contributed by atoms with Crippen molar-refractivity contribution in [1.29, 1.82) is 5.26 Å². The van der Waals surface area contributed by atoms with E-state index in [4.69, 9.17) is 10.00 Å². The summed E-state index contributed by atoms with van der Waals surface area (Å²) in [5, 5.41) is 10.9. The van der Waals surface area contributed by atoms with Crippen LogP contribution in [0.2, 0.25) is 0 Å². The maximum atomic E-state index is 8.98. The van der Waals surface area contributed by atoms with Crippen molar-refractivity contribution >= 4 is 31.0 Å². The lowest BCUT2D eigenvalue weighted by atomic mass is 10.2. The van der Waals surface area contributed by atoms with Gasteiger partial charge in [-0.1, -0.05) is 24.3 Å². The van der Waals surface area contributed by atoms with Gasteiger partial charge in [-0.05, 0) is 18.2 Å². The average molecular weight is 316 g/mol. The molecular formula is C19H16N4O. The lowest BCUT2D eigenvalue weighted by Gasteiger charge is -1.93. The van der Waals surface area contributed by atoms with E-state index in [1.807, 2.05) is 30.3 Å². The molecule has 0 saturated carbocycles. The molecule has 0 N–H and O–H groups in total. The van der Waals surface area contributed by atoms with Gasteiger partial charge in [0.1, 0.15) is 6.61 Å². The molecule has 0 fully saturated rings. The van der Waals surface area contributed by atoms with E-state index < -0.39 is 0 Å². The number of nitrogens with zero attached hydrogens (tertiary/aromatic N) is 4. The van der Waals surface area contributed by atoms with Crippen molar-refractivity contribution in [2.75, 3.05) is 6.61 Å². The molecule has 1 aliphatic heterocycles. The second kappa shape index (κ2) is 10.2. The first-order valence-electron chi connectivity index (χ1n) is 7.27. The fourth-order valence-corrected chi connectivity index (χ4v) is 1.71. The second-order valence-corrected chi connectivity index (χ2v) is 4.53. The van der Waals surface area contributed by atoms with E-state index in [9.17, 15) is 0 Å². The number of aliphatic imine (C=N–C) groups is 3. The highest BCUT2D eigenvalue weighted by Crippen LogP contribution is 1.94. The fraction of sp³-hybridized carbons (Fsp3) is 0.0526. The highest BCUT2D eigenvalue weighted by molar-refractivity contribution is 5.77. The van der Waals surface area contributed by atoms with Crippen LogP contribution in [0.3, 0.4) is 0 Å². The maximum absolute atomic E-state index is 8.98. The van der Waals surface area contributed by atoms with Crippen LogP contribution >= 0.6 is 0 Å². The van der Waals surface area contributed by atoms with Gasteiger partial charge in [-0.3, -0.25) is 15.0 Å². The van der Waals surface area contributed by atoms with E-state index in [0.717, 1.165) is 10.4 Å². The maximum Gasteiger partial charge on any atom is 0.122 e. The molecule has 24 heavy (non-hydrogen) atoms. The van der Waals surface area contributed by atoms with Crippen LogP contribution in [0.25, 0.3) is 12.4 Å². The summed E-state index contributed by atoms with van der Waals surface area (Å²) in [4.78, 5) is 12.5. The summed E-state index contributed by atoms with van der Waals surface area (Å²) >= 11 is 0. The van der Waals surface area contributed by atoms with Crippen molar-refractivity contribution < 1.29 is 4.74 Å². The highest BCUT2D eigenvalue weighted by Gasteiger charge is 1.86. The van der Waals surface area contributed by atoms with Gasteiger partial charge in [-0.15, -0.1) is 0 Å². The lowest BCUT2D eigenvalue weighted by Crippen LogP contribution is -2.22. The van der Waals surface area contributed by atoms with Gasteiger partial charge in [0.05, 0.1) is 17.9 Å². The van der Waals surface area contributed by atoms with Gasteiger partial charge in [0.2, 0.25) is 0 Å². The summed E-state index contributed by atoms with van der Waals surface area (Å²) in [6.07, 6.45) is 16.2. The quantitative estimate of drug-likeness (QED) is 0.733. The van der Waals surface area contributed by atoms with E-state index in [1.54, 1.807) is 49.3 Å². The SMILES string of the molecule is N#CC1=C/C=N\C=C/C=N/C=c2/cccc/c2=C/N=CCO/C=C\1. The van der Waals surface area contributed by atoms with Crippen LogP contribution < -0.4 is 10.4 Å². The minimum atomic E-state index is 0.312. The summed E-state index contributed by atoms with van der Waals surface area (Å²) in [6, 6.07) is 9.86. The number of hydrogen-bond acceptors (Lipinski definition) is 5. The van der Waals surface area contributed by atoms with Crippen molar-refractivity contribution in [3.8, 4) is 6.07 Å². The largest absolute Gasteiger partial charge is 0.496 e. The van der Waals surface area contributed by atoms with Crippen LogP contribution in [0, 0.1) is 11.3 Å². The Balaban J connectivity index is 2.31. The van der Waals surface area contributed by atoms with Crippen molar-refractivity contribution in [3.63, 3.8) is 0 Å². The van der Waals surface area contributed by atoms with Crippen molar-refractivity contribution in [2.24, 2.45) is 15.0 Å². The topological polar surface area (TPSA) is 70.1 Å². The van der Waals surface area contributed by atoms with E-state index >= 15 is 0 Å². The standard InChI is InChI=1S/C19H16N4O/c20-14-17-6-10-21-8-3-9-22-15-18-4-1-2-5-19(18)16-23-11-13-24-12-7-17/h1-12,15-16H,13H2/b8-3-,12-7-,17-6+,18-15-,19-16-,21-10-,22-9+,23-11?. The Morgan fingerprint density at radius 3 is 2.58 bits per heavy atom. The van der Waals surface area contributed by atoms with Crippen molar-refractivity contribution in [2.45, 2.75) is 0 Å². The first kappa shape index (κ1) is 16.8. The Kier molecular flexibility index (Phi) is 7.19. The van der Waals surface area contributed by atoms with Crippen LogP contribution in [0.5, 0.6) is 0 Å². The molecule has 0 atom stereocenters. The van der Waals surface area contributed by atoms with E-state index in [1.165, 1.54) is 12.5 Å². The van der Waals surface area contributed by atoms with Gasteiger partial charge in [-0.25, -0.2) is 0 Å². The number of allylic oxidation sites excluding steroid dienone is 4. The molecule has 1 aromatic rings. The molecule has 0 unspecified atom stereocenters. The molecule has 5 heteroatoms. The molecule has 118 valence electrons. The van der Waals surface area contributed by atoms with E-state index in [2.05, 4.69) is 15.0 Å². The zero-order chi connectivity index (χ0) is 16.9. The van der Waals surface area contributed by atoms with Crippen LogP contribution in [0.15, 0.2) is 75.5 Å². The Hall–Kier alpha value is -3.52. The minimum Gasteiger partial charge on any atom is -0.496 e. The van der Waals surface area contributed by atoms with Crippen molar-refractivity contribution in [1.82, 2.24) is 0 Å². The molecule has 0 aromatic heterocycles. The molecule has 0 saturated heterocycles. The van der Waals surface area contributed by atoms with Crippen LogP contribution in [-0.2, 0) is 4.74 Å². The zero-order valence-electron chi connectivity index (χ0n) is 13.0. The number of benzene rings is 1. The predicted octanol–water partition coefficient (Wildman–Crippen LogP) is 1.88. The average Bonchev–Trinajstić information content (AvgIpc) is 2.61. The fourth-order valence-electron chi connectivity index (χ4n) is 1.71. The lowest BCUT2D eigenvalue weighted by molar-refractivity contribution is 0.306. The molecule has 1 aliphatic rings. The molecular weight excluding hydrogens is 300 g/mol. The second-order valence-electron chi connectivity index (χ2n) is 4.53. The Labute approximate surface area is 140 Å². The smallest absolute Gasteiger partial charge is 0.122 e. The molecule has 0 aliphatic carbocycles. The third-order valence-corrected chi connectivity index (χ3v) is 2.86. The normalized spacial score (nSPS) is 25.2. The Bertz CT molecular complexity index is 881. The highest BCUT2D eigenvalue weighted by atomic mass is 16.5. The third-order valence-electron chi connectivity index (χ3n) is 2.86. The molecule has 0 spiro atoms. The van der Waals surface area contributed by atoms with Crippen LogP contribution in [0.1, 0.15) is 0 Å². The molecule has 0 radical (unpaired) electrons. The van der Waals surface area contributed by atoms with Crippen LogP contribution in [-0.4, -0.2) is 25.3 Å². The van der Waals surface area contributed by atoms with Gasteiger partial charge in [0.15, 0.2) is 0 Å². The predicted molar refractivity (Wildman–Crippen MR) is 98.0 cm³/mol. The first-order valence-corrected chi connectivity index (χ1v) is 7.27. The monoisotopic (exact) mass is 316 g/mol. The summed E-state index contributed by atoms with van der Waals surface area (Å²) in [5.41, 5.74) is 0.438. The summed E-state index contributed by atoms with van der Waals surface area (Å²) < 4.78 is 5.27. The third kappa shape index (κ3) is 6.08. The molecule has 5 nitrogen and oxygen atoms in total. The summed E-state index contributed by atoms with van der Waals surface area (Å²) in [7, 11) is 0. The Morgan fingerprint density at radius 1 is 1.00 bits per heavy atom. The molecule has 1 aromatic carbocycles. The summed E-state index contributed by atoms with van der Waals surface area (Å²) in [5.74, 6) is 0. The summed E-state index contributed by atoms with van der Waals surface area (Å²) in [6.45, 7) is 0.312. The number of fused-ring (bicyclic) bond motifs is 1. The zero-order valence-corrected chi connectivity index (χ0v) is 13.0. The molecule has 0 amide bonds.